The van der Waals surface area contributed by atoms with Crippen molar-refractivity contribution in [3.63, 3.8) is 0 Å². The minimum absolute atomic E-state index is 0.339. The second-order valence-electron chi connectivity index (χ2n) is 6.60. The lowest BCUT2D eigenvalue weighted by Crippen LogP contribution is -2.39. The number of anilines is 1. The molecule has 0 atom stereocenters. The van der Waals surface area contributed by atoms with Gasteiger partial charge in [0.05, 0.1) is 11.9 Å². The van der Waals surface area contributed by atoms with Crippen LogP contribution >= 0.6 is 0 Å². The van der Waals surface area contributed by atoms with E-state index in [2.05, 4.69) is 10.5 Å². The van der Waals surface area contributed by atoms with Gasteiger partial charge in [0, 0.05) is 5.71 Å². The third-order valence-corrected chi connectivity index (χ3v) is 5.45. The van der Waals surface area contributed by atoms with E-state index in [1.165, 1.54) is 0 Å². The zero-order chi connectivity index (χ0) is 20.0. The Morgan fingerprint density at radius 3 is 2.25 bits per heavy atom. The van der Waals surface area contributed by atoms with E-state index in [9.17, 15) is 13.2 Å². The molecule has 0 saturated heterocycles. The number of carbonyl (C=O) groups is 1. The third-order valence-electron chi connectivity index (χ3n) is 4.31. The number of amides is 1. The van der Waals surface area contributed by atoms with Gasteiger partial charge in [0.1, 0.15) is 18.0 Å². The lowest BCUT2D eigenvalue weighted by molar-refractivity contribution is -0.119. The number of nitrogens with zero attached hydrogens (tertiary/aromatic N) is 2. The number of ether oxygens (including phenoxy) is 1. The lowest BCUT2D eigenvalue weighted by atomic mass is 10.3. The largest absolute Gasteiger partial charge is 0.457 e. The van der Waals surface area contributed by atoms with E-state index < -0.39 is 15.9 Å². The smallest absolute Gasteiger partial charge is 0.260 e. The molecule has 1 aliphatic rings. The zero-order valence-corrected chi connectivity index (χ0v) is 16.5. The second kappa shape index (κ2) is 8.88. The topological polar surface area (TPSA) is 88.1 Å². The molecule has 0 spiro atoms. The van der Waals surface area contributed by atoms with Crippen molar-refractivity contribution >= 4 is 27.3 Å². The molecule has 0 unspecified atom stereocenters. The van der Waals surface area contributed by atoms with Gasteiger partial charge in [-0.05, 0) is 62.1 Å². The van der Waals surface area contributed by atoms with Crippen molar-refractivity contribution in [1.82, 2.24) is 5.43 Å². The SMILES string of the molecule is CS(=O)(=O)N(CC(=O)NN=C1CCCC1)c1ccc(Oc2ccccc2)cc1. The van der Waals surface area contributed by atoms with E-state index in [0.717, 1.165) is 42.0 Å². The van der Waals surface area contributed by atoms with Gasteiger partial charge in [-0.25, -0.2) is 13.8 Å². The molecule has 2 aromatic rings. The van der Waals surface area contributed by atoms with Crippen LogP contribution in [-0.2, 0) is 14.8 Å². The second-order valence-corrected chi connectivity index (χ2v) is 8.51. The number of hydrogen-bond donors (Lipinski definition) is 1. The summed E-state index contributed by atoms with van der Waals surface area (Å²) >= 11 is 0. The van der Waals surface area contributed by atoms with Crippen LogP contribution in [0.3, 0.4) is 0 Å². The normalized spacial score (nSPS) is 13.8. The van der Waals surface area contributed by atoms with Crippen molar-refractivity contribution in [2.45, 2.75) is 25.7 Å². The van der Waals surface area contributed by atoms with Crippen LogP contribution in [0.15, 0.2) is 59.7 Å². The van der Waals surface area contributed by atoms with Crippen LogP contribution in [0.2, 0.25) is 0 Å². The molecule has 1 fully saturated rings. The number of rotatable bonds is 7. The Bertz CT molecular complexity index is 933. The van der Waals surface area contributed by atoms with Gasteiger partial charge < -0.3 is 4.74 Å². The molecule has 0 aromatic heterocycles. The number of hydrogen-bond acceptors (Lipinski definition) is 5. The van der Waals surface area contributed by atoms with Crippen molar-refractivity contribution in [2.24, 2.45) is 5.10 Å². The minimum atomic E-state index is -3.64. The first kappa shape index (κ1) is 19.9. The van der Waals surface area contributed by atoms with E-state index in [1.54, 1.807) is 24.3 Å². The van der Waals surface area contributed by atoms with E-state index >= 15 is 0 Å². The highest BCUT2D eigenvalue weighted by atomic mass is 32.2. The maximum Gasteiger partial charge on any atom is 0.260 e. The number of sulfonamides is 1. The van der Waals surface area contributed by atoms with Crippen LogP contribution in [0, 0.1) is 0 Å². The Kier molecular flexibility index (Phi) is 6.30. The zero-order valence-electron chi connectivity index (χ0n) is 15.7. The Balaban J connectivity index is 1.69. The molecule has 0 bridgehead atoms. The summed E-state index contributed by atoms with van der Waals surface area (Å²) in [5.41, 5.74) is 3.79. The highest BCUT2D eigenvalue weighted by molar-refractivity contribution is 7.92. The van der Waals surface area contributed by atoms with Gasteiger partial charge in [-0.2, -0.15) is 5.10 Å². The molecule has 148 valence electrons. The predicted molar refractivity (Wildman–Crippen MR) is 109 cm³/mol. The number of carbonyl (C=O) groups excluding carboxylic acids is 1. The van der Waals surface area contributed by atoms with Gasteiger partial charge in [0.25, 0.3) is 5.91 Å². The van der Waals surface area contributed by atoms with Crippen LogP contribution in [0.5, 0.6) is 11.5 Å². The molecule has 3 rings (SSSR count). The first-order valence-corrected chi connectivity index (χ1v) is 10.9. The third kappa shape index (κ3) is 5.56. The molecule has 28 heavy (non-hydrogen) atoms. The van der Waals surface area contributed by atoms with Crippen LogP contribution in [0.25, 0.3) is 0 Å². The predicted octanol–water partition coefficient (Wildman–Crippen LogP) is 3.29. The fourth-order valence-electron chi connectivity index (χ4n) is 2.91. The van der Waals surface area contributed by atoms with Crippen LogP contribution < -0.4 is 14.5 Å². The maximum atomic E-state index is 12.2. The molecule has 2 aromatic carbocycles. The van der Waals surface area contributed by atoms with Gasteiger partial charge in [-0.1, -0.05) is 18.2 Å². The molecule has 8 heteroatoms. The minimum Gasteiger partial charge on any atom is -0.457 e. The average Bonchev–Trinajstić information content (AvgIpc) is 3.19. The summed E-state index contributed by atoms with van der Waals surface area (Å²) in [6.45, 7) is -0.339. The Morgan fingerprint density at radius 1 is 1.04 bits per heavy atom. The molecule has 1 amide bonds. The van der Waals surface area contributed by atoms with Crippen LogP contribution in [0.1, 0.15) is 25.7 Å². The summed E-state index contributed by atoms with van der Waals surface area (Å²) in [5.74, 6) is 0.774. The van der Waals surface area contributed by atoms with Gasteiger partial charge >= 0.3 is 0 Å². The summed E-state index contributed by atoms with van der Waals surface area (Å²) in [5, 5.41) is 4.09. The highest BCUT2D eigenvalue weighted by Gasteiger charge is 2.21. The van der Waals surface area contributed by atoms with Gasteiger partial charge in [0.15, 0.2) is 0 Å². The summed E-state index contributed by atoms with van der Waals surface area (Å²) in [4.78, 5) is 12.2. The summed E-state index contributed by atoms with van der Waals surface area (Å²) < 4.78 is 31.1. The number of para-hydroxylation sites is 1. The number of benzene rings is 2. The Labute approximate surface area is 165 Å². The summed E-state index contributed by atoms with van der Waals surface area (Å²) in [7, 11) is -3.64. The van der Waals surface area contributed by atoms with Gasteiger partial charge in [-0.3, -0.25) is 9.10 Å². The Morgan fingerprint density at radius 2 is 1.64 bits per heavy atom. The van der Waals surface area contributed by atoms with Crippen molar-refractivity contribution in [1.29, 1.82) is 0 Å². The van der Waals surface area contributed by atoms with Crippen LogP contribution in [-0.4, -0.2) is 32.8 Å². The summed E-state index contributed by atoms with van der Waals surface area (Å²) in [6.07, 6.45) is 4.96. The molecule has 0 radical (unpaired) electrons. The Hall–Kier alpha value is -2.87. The van der Waals surface area contributed by atoms with E-state index in [1.807, 2.05) is 30.3 Å². The van der Waals surface area contributed by atoms with Crippen LogP contribution in [0.4, 0.5) is 5.69 Å². The molecule has 0 aliphatic heterocycles. The first-order valence-electron chi connectivity index (χ1n) is 9.07. The fraction of sp³-hybridized carbons (Fsp3) is 0.300. The lowest BCUT2D eigenvalue weighted by Gasteiger charge is -2.21. The molecule has 0 heterocycles. The van der Waals surface area contributed by atoms with E-state index in [4.69, 9.17) is 4.74 Å². The van der Waals surface area contributed by atoms with Crippen molar-refractivity contribution in [3.8, 4) is 11.5 Å². The first-order chi connectivity index (χ1) is 13.4. The quantitative estimate of drug-likeness (QED) is 0.721. The summed E-state index contributed by atoms with van der Waals surface area (Å²) in [6, 6.07) is 15.8. The fourth-order valence-corrected chi connectivity index (χ4v) is 3.76. The molecule has 1 aliphatic carbocycles. The highest BCUT2D eigenvalue weighted by Crippen LogP contribution is 2.25. The molecule has 1 N–H and O–H groups in total. The molecular formula is C20H23N3O4S. The monoisotopic (exact) mass is 401 g/mol. The van der Waals surface area contributed by atoms with Crippen molar-refractivity contribution in [3.05, 3.63) is 54.6 Å². The van der Waals surface area contributed by atoms with Crippen molar-refractivity contribution in [2.75, 3.05) is 17.1 Å². The molecular weight excluding hydrogens is 378 g/mol. The molecule has 1 saturated carbocycles. The molecule has 7 nitrogen and oxygen atoms in total. The van der Waals surface area contributed by atoms with Crippen molar-refractivity contribution < 1.29 is 17.9 Å². The number of hydrazone groups is 1. The maximum absolute atomic E-state index is 12.2. The van der Waals surface area contributed by atoms with E-state index in [-0.39, 0.29) is 6.54 Å². The number of nitrogens with one attached hydrogen (secondary N) is 1. The standard InChI is InChI=1S/C20H23N3O4S/c1-28(25,26)23(15-20(24)22-21-16-7-5-6-8-16)17-11-13-19(14-12-17)27-18-9-3-2-4-10-18/h2-4,9-14H,5-8,15H2,1H3,(H,22,24). The van der Waals surface area contributed by atoms with E-state index in [0.29, 0.717) is 17.2 Å². The average molecular weight is 401 g/mol. The van der Waals surface area contributed by atoms with Gasteiger partial charge in [-0.15, -0.1) is 0 Å². The van der Waals surface area contributed by atoms with Gasteiger partial charge in [0.2, 0.25) is 10.0 Å².